The second-order valence-electron chi connectivity index (χ2n) is 9.56. The third kappa shape index (κ3) is 5.78. The molecular weight excluding hydrogens is 418 g/mol. The molecule has 7 nitrogen and oxygen atoms in total. The molecule has 176 valence electrons. The van der Waals surface area contributed by atoms with Gasteiger partial charge in [0, 0.05) is 19.0 Å². The Labute approximate surface area is 195 Å². The van der Waals surface area contributed by atoms with Gasteiger partial charge in [0.1, 0.15) is 11.4 Å². The van der Waals surface area contributed by atoms with Crippen LogP contribution < -0.4 is 9.47 Å². The summed E-state index contributed by atoms with van der Waals surface area (Å²) >= 11 is 0. The van der Waals surface area contributed by atoms with E-state index >= 15 is 0 Å². The highest BCUT2D eigenvalue weighted by molar-refractivity contribution is 5.76. The van der Waals surface area contributed by atoms with Crippen LogP contribution in [0.2, 0.25) is 0 Å². The monoisotopic (exact) mass is 451 g/mol. The van der Waals surface area contributed by atoms with Crippen molar-refractivity contribution < 1.29 is 19.0 Å². The van der Waals surface area contributed by atoms with Gasteiger partial charge < -0.3 is 19.1 Å². The number of amides is 1. The van der Waals surface area contributed by atoms with Crippen LogP contribution in [0, 0.1) is 5.92 Å². The molecule has 1 fully saturated rings. The molecule has 0 N–H and O–H groups in total. The van der Waals surface area contributed by atoms with Crippen LogP contribution in [0.3, 0.4) is 0 Å². The first kappa shape index (κ1) is 23.0. The molecule has 0 radical (unpaired) electrons. The zero-order chi connectivity index (χ0) is 23.4. The van der Waals surface area contributed by atoms with E-state index in [1.807, 2.05) is 51.1 Å². The lowest BCUT2D eigenvalue weighted by molar-refractivity contribution is 0.0136. The number of fused-ring (bicyclic) bond motifs is 1. The number of hydrogen-bond donors (Lipinski definition) is 0. The molecule has 1 saturated heterocycles. The normalized spacial score (nSPS) is 16.6. The molecule has 2 aromatic carbocycles. The first-order valence-corrected chi connectivity index (χ1v) is 11.5. The van der Waals surface area contributed by atoms with E-state index in [-0.39, 0.29) is 12.0 Å². The Hall–Kier alpha value is -3.22. The van der Waals surface area contributed by atoms with Crippen LogP contribution in [0.1, 0.15) is 39.2 Å². The van der Waals surface area contributed by atoms with E-state index in [0.29, 0.717) is 25.7 Å². The number of piperidine rings is 1. The maximum Gasteiger partial charge on any atom is 0.410 e. The van der Waals surface area contributed by atoms with Crippen LogP contribution >= 0.6 is 0 Å². The highest BCUT2D eigenvalue weighted by atomic mass is 16.6. The van der Waals surface area contributed by atoms with Crippen molar-refractivity contribution in [2.45, 2.75) is 45.8 Å². The fourth-order valence-electron chi connectivity index (χ4n) is 4.12. The molecule has 1 atom stereocenters. The molecule has 0 saturated carbocycles. The van der Waals surface area contributed by atoms with Gasteiger partial charge in [-0.1, -0.05) is 24.3 Å². The van der Waals surface area contributed by atoms with Crippen molar-refractivity contribution >= 4 is 17.1 Å². The van der Waals surface area contributed by atoms with Gasteiger partial charge in [-0.3, -0.25) is 4.57 Å². The minimum atomic E-state index is -0.493. The van der Waals surface area contributed by atoms with Gasteiger partial charge in [-0.25, -0.2) is 4.79 Å². The molecule has 1 aromatic heterocycles. The highest BCUT2D eigenvalue weighted by Crippen LogP contribution is 2.26. The highest BCUT2D eigenvalue weighted by Gasteiger charge is 2.28. The fraction of sp³-hybridized carbons (Fsp3) is 0.462. The Kier molecular flexibility index (Phi) is 6.77. The Morgan fingerprint density at radius 3 is 2.61 bits per heavy atom. The maximum atomic E-state index is 12.5. The van der Waals surface area contributed by atoms with Crippen molar-refractivity contribution in [2.24, 2.45) is 5.92 Å². The average Bonchev–Trinajstić information content (AvgIpc) is 3.14. The zero-order valence-electron chi connectivity index (χ0n) is 19.9. The van der Waals surface area contributed by atoms with Gasteiger partial charge in [0.15, 0.2) is 0 Å². The molecule has 0 spiro atoms. The fourth-order valence-corrected chi connectivity index (χ4v) is 4.12. The van der Waals surface area contributed by atoms with Crippen LogP contribution in [0.5, 0.6) is 11.8 Å². The van der Waals surface area contributed by atoms with Crippen LogP contribution in [0.15, 0.2) is 48.5 Å². The second kappa shape index (κ2) is 9.73. The minimum absolute atomic E-state index is 0.237. The SMILES string of the molecule is COc1ccc(Cn2c(OC[C@H]3CCCN(C(=O)OC(C)(C)C)C3)nc3ccccc32)cc1. The summed E-state index contributed by atoms with van der Waals surface area (Å²) in [6.45, 7) is 8.18. The first-order valence-electron chi connectivity index (χ1n) is 11.5. The number of benzene rings is 2. The Morgan fingerprint density at radius 1 is 1.12 bits per heavy atom. The van der Waals surface area contributed by atoms with Crippen molar-refractivity contribution in [3.8, 4) is 11.8 Å². The minimum Gasteiger partial charge on any atom is -0.497 e. The number of likely N-dealkylation sites (tertiary alicyclic amines) is 1. The van der Waals surface area contributed by atoms with Gasteiger partial charge in [-0.2, -0.15) is 4.98 Å². The van der Waals surface area contributed by atoms with E-state index in [9.17, 15) is 4.79 Å². The lowest BCUT2D eigenvalue weighted by atomic mass is 9.99. The molecule has 0 aliphatic carbocycles. The van der Waals surface area contributed by atoms with E-state index in [4.69, 9.17) is 19.2 Å². The third-order valence-corrected chi connectivity index (χ3v) is 5.74. The van der Waals surface area contributed by atoms with E-state index in [0.717, 1.165) is 41.7 Å². The van der Waals surface area contributed by atoms with Crippen molar-refractivity contribution in [2.75, 3.05) is 26.8 Å². The molecule has 0 unspecified atom stereocenters. The van der Waals surface area contributed by atoms with Crippen molar-refractivity contribution in [3.63, 3.8) is 0 Å². The van der Waals surface area contributed by atoms with E-state index in [2.05, 4.69) is 22.8 Å². The predicted molar refractivity (Wildman–Crippen MR) is 128 cm³/mol. The number of aromatic nitrogens is 2. The third-order valence-electron chi connectivity index (χ3n) is 5.74. The molecule has 3 aromatic rings. The summed E-state index contributed by atoms with van der Waals surface area (Å²) in [5, 5.41) is 0. The lowest BCUT2D eigenvalue weighted by Crippen LogP contribution is -2.44. The van der Waals surface area contributed by atoms with E-state index < -0.39 is 5.60 Å². The van der Waals surface area contributed by atoms with Crippen LogP contribution in [0.25, 0.3) is 11.0 Å². The summed E-state index contributed by atoms with van der Waals surface area (Å²) in [6, 6.07) is 16.7. The lowest BCUT2D eigenvalue weighted by Gasteiger charge is -2.33. The van der Waals surface area contributed by atoms with Crippen LogP contribution in [-0.2, 0) is 11.3 Å². The maximum absolute atomic E-state index is 12.5. The Morgan fingerprint density at radius 2 is 1.88 bits per heavy atom. The first-order chi connectivity index (χ1) is 15.8. The van der Waals surface area contributed by atoms with Crippen LogP contribution in [-0.4, -0.2) is 53.0 Å². The number of nitrogens with zero attached hydrogens (tertiary/aromatic N) is 3. The number of hydrogen-bond acceptors (Lipinski definition) is 5. The van der Waals surface area contributed by atoms with Crippen LogP contribution in [0.4, 0.5) is 4.79 Å². The predicted octanol–water partition coefficient (Wildman–Crippen LogP) is 5.12. The van der Waals surface area contributed by atoms with Gasteiger partial charge in [0.05, 0.1) is 31.3 Å². The van der Waals surface area contributed by atoms with Crippen molar-refractivity contribution in [1.82, 2.24) is 14.5 Å². The molecule has 0 bridgehead atoms. The van der Waals surface area contributed by atoms with Gasteiger partial charge in [0.25, 0.3) is 6.01 Å². The largest absolute Gasteiger partial charge is 0.497 e. The average molecular weight is 452 g/mol. The number of rotatable bonds is 6. The Bertz CT molecular complexity index is 1090. The quantitative estimate of drug-likeness (QED) is 0.520. The zero-order valence-corrected chi connectivity index (χ0v) is 19.9. The molecule has 33 heavy (non-hydrogen) atoms. The number of ether oxygens (including phenoxy) is 3. The number of imidazole rings is 1. The van der Waals surface area contributed by atoms with Gasteiger partial charge in [-0.15, -0.1) is 0 Å². The number of methoxy groups -OCH3 is 1. The summed E-state index contributed by atoms with van der Waals surface area (Å²) in [6.07, 6.45) is 1.70. The molecule has 1 amide bonds. The summed E-state index contributed by atoms with van der Waals surface area (Å²) in [7, 11) is 1.67. The molecule has 2 heterocycles. The topological polar surface area (TPSA) is 65.8 Å². The smallest absolute Gasteiger partial charge is 0.410 e. The number of carbonyl (C=O) groups excluding carboxylic acids is 1. The molecule has 1 aliphatic heterocycles. The summed E-state index contributed by atoms with van der Waals surface area (Å²) < 4.78 is 19.2. The summed E-state index contributed by atoms with van der Waals surface area (Å²) in [5.74, 6) is 1.07. The van der Waals surface area contributed by atoms with Gasteiger partial charge >= 0.3 is 6.09 Å². The van der Waals surface area contributed by atoms with E-state index in [1.165, 1.54) is 0 Å². The molecule has 1 aliphatic rings. The van der Waals surface area contributed by atoms with Crippen molar-refractivity contribution in [1.29, 1.82) is 0 Å². The van der Waals surface area contributed by atoms with E-state index in [1.54, 1.807) is 12.0 Å². The Balaban J connectivity index is 1.47. The molecule has 7 heteroatoms. The van der Waals surface area contributed by atoms with Crippen molar-refractivity contribution in [3.05, 3.63) is 54.1 Å². The summed E-state index contributed by atoms with van der Waals surface area (Å²) in [4.78, 5) is 19.0. The number of para-hydroxylation sites is 2. The number of carbonyl (C=O) groups is 1. The molecule has 4 rings (SSSR count). The van der Waals surface area contributed by atoms with Gasteiger partial charge in [-0.05, 0) is 63.4 Å². The second-order valence-corrected chi connectivity index (χ2v) is 9.56. The summed E-state index contributed by atoms with van der Waals surface area (Å²) in [5.41, 5.74) is 2.58. The van der Waals surface area contributed by atoms with Gasteiger partial charge in [0.2, 0.25) is 0 Å². The molecular formula is C26H33N3O4. The standard InChI is InChI=1S/C26H33N3O4/c1-26(2,3)33-25(30)28-15-7-8-20(16-28)18-32-24-27-22-9-5-6-10-23(22)29(24)17-19-11-13-21(31-4)14-12-19/h5-6,9-14,20H,7-8,15-18H2,1-4H3/t20-/m0/s1.